The molecule has 2 fully saturated rings. The number of ketones is 1. The van der Waals surface area contributed by atoms with Crippen molar-refractivity contribution < 1.29 is 28.7 Å². The van der Waals surface area contributed by atoms with Gasteiger partial charge in [0.2, 0.25) is 23.6 Å². The number of carbonyl (C=O) groups excluding carboxylic acids is 5. The summed E-state index contributed by atoms with van der Waals surface area (Å²) in [6.45, 7) is 12.5. The number of nitrogens with one attached hydrogen (secondary N) is 4. The number of epoxide rings is 1. The Balaban J connectivity index is 1.74. The molecule has 0 radical (unpaired) electrons. The summed E-state index contributed by atoms with van der Waals surface area (Å²) in [6.07, 6.45) is 6.69. The number of nitrogens with zero attached hydrogens (tertiary/aromatic N) is 1. The lowest BCUT2D eigenvalue weighted by Gasteiger charge is -2.26. The van der Waals surface area contributed by atoms with Gasteiger partial charge in [-0.15, -0.1) is 0 Å². The normalized spacial score (nSPS) is 20.5. The molecule has 4 amide bonds. The molecule has 0 unspecified atom stereocenters. The number of unbranched alkanes of at least 4 members (excludes halogenated alkanes) is 1. The van der Waals surface area contributed by atoms with Crippen LogP contribution in [-0.4, -0.2) is 91.3 Å². The first-order valence-corrected chi connectivity index (χ1v) is 14.9. The van der Waals surface area contributed by atoms with Gasteiger partial charge in [-0.05, 0) is 76.9 Å². The highest BCUT2D eigenvalue weighted by Crippen LogP contribution is 2.29. The van der Waals surface area contributed by atoms with Gasteiger partial charge in [-0.3, -0.25) is 24.0 Å². The van der Waals surface area contributed by atoms with Crippen LogP contribution in [0.5, 0.6) is 0 Å². The summed E-state index contributed by atoms with van der Waals surface area (Å²) in [6, 6.07) is -1.55. The predicted octanol–water partition coefficient (Wildman–Crippen LogP) is 1.29. The zero-order chi connectivity index (χ0) is 29.7. The lowest BCUT2D eigenvalue weighted by molar-refractivity contribution is -0.132. The van der Waals surface area contributed by atoms with Crippen LogP contribution in [0.25, 0.3) is 0 Å². The van der Waals surface area contributed by atoms with E-state index in [2.05, 4.69) is 26.2 Å². The lowest BCUT2D eigenvalue weighted by Crippen LogP contribution is -2.53. The van der Waals surface area contributed by atoms with E-state index in [1.54, 1.807) is 6.92 Å². The van der Waals surface area contributed by atoms with Crippen LogP contribution in [-0.2, 0) is 28.7 Å². The molecular formula is C29H51N5O6. The fraction of sp³-hybridized carbons (Fsp3) is 0.828. The number of hydrogen-bond donors (Lipinski definition) is 4. The van der Waals surface area contributed by atoms with Gasteiger partial charge in [0.1, 0.15) is 11.6 Å². The zero-order valence-electron chi connectivity index (χ0n) is 25.1. The summed E-state index contributed by atoms with van der Waals surface area (Å²) in [5, 5.41) is 10.6. The topological polar surface area (TPSA) is 149 Å². The number of carbonyl (C=O) groups is 5. The van der Waals surface area contributed by atoms with Crippen LogP contribution in [0.15, 0.2) is 0 Å². The Kier molecular flexibility index (Phi) is 14.0. The second-order valence-corrected chi connectivity index (χ2v) is 12.2. The first-order chi connectivity index (χ1) is 18.9. The summed E-state index contributed by atoms with van der Waals surface area (Å²) in [5.41, 5.74) is -0.856. The van der Waals surface area contributed by atoms with E-state index in [1.807, 2.05) is 27.7 Å². The molecule has 3 atom stereocenters. The number of amides is 4. The van der Waals surface area contributed by atoms with Crippen molar-refractivity contribution in [1.29, 1.82) is 0 Å². The molecule has 0 bridgehead atoms. The molecule has 2 heterocycles. The number of rotatable bonds is 18. The van der Waals surface area contributed by atoms with Gasteiger partial charge in [-0.1, -0.05) is 34.1 Å². The van der Waals surface area contributed by atoms with E-state index < -0.39 is 35.4 Å². The van der Waals surface area contributed by atoms with Gasteiger partial charge in [-0.25, -0.2) is 0 Å². The van der Waals surface area contributed by atoms with Crippen molar-refractivity contribution in [1.82, 2.24) is 26.2 Å². The van der Waals surface area contributed by atoms with Gasteiger partial charge in [-0.2, -0.15) is 0 Å². The summed E-state index contributed by atoms with van der Waals surface area (Å²) in [4.78, 5) is 65.3. The van der Waals surface area contributed by atoms with Crippen molar-refractivity contribution in [3.63, 3.8) is 0 Å². The SMILES string of the molecule is CC(C)C[C@H](NC(=O)CNC(=O)CCCCN1CCCCC1)C(=O)NCC(=O)N[C@@H](CC(C)C)C(=O)[C@@]1(C)CO1. The van der Waals surface area contributed by atoms with Crippen LogP contribution < -0.4 is 21.3 Å². The molecular weight excluding hydrogens is 514 g/mol. The Morgan fingerprint density at radius 2 is 1.32 bits per heavy atom. The van der Waals surface area contributed by atoms with Crippen molar-refractivity contribution in [2.75, 3.05) is 39.3 Å². The van der Waals surface area contributed by atoms with E-state index in [0.29, 0.717) is 25.9 Å². The predicted molar refractivity (Wildman–Crippen MR) is 152 cm³/mol. The van der Waals surface area contributed by atoms with E-state index in [4.69, 9.17) is 4.74 Å². The Bertz CT molecular complexity index is 867. The molecule has 0 saturated carbocycles. The van der Waals surface area contributed by atoms with Gasteiger partial charge in [0.05, 0.1) is 25.7 Å². The Morgan fingerprint density at radius 1 is 0.775 bits per heavy atom. The van der Waals surface area contributed by atoms with Crippen LogP contribution in [0, 0.1) is 11.8 Å². The van der Waals surface area contributed by atoms with E-state index in [9.17, 15) is 24.0 Å². The number of Topliss-reactive ketones (excluding diaryl/α,β-unsaturated/α-hetero) is 1. The molecule has 2 aliphatic rings. The van der Waals surface area contributed by atoms with E-state index in [1.165, 1.54) is 19.3 Å². The molecule has 11 nitrogen and oxygen atoms in total. The van der Waals surface area contributed by atoms with Crippen molar-refractivity contribution in [3.05, 3.63) is 0 Å². The molecule has 0 aliphatic carbocycles. The Labute approximate surface area is 239 Å². The van der Waals surface area contributed by atoms with Crippen LogP contribution >= 0.6 is 0 Å². The van der Waals surface area contributed by atoms with Crippen molar-refractivity contribution in [3.8, 4) is 0 Å². The number of likely N-dealkylation sites (tertiary alicyclic amines) is 1. The third-order valence-electron chi connectivity index (χ3n) is 7.26. The second kappa shape index (κ2) is 16.7. The van der Waals surface area contributed by atoms with E-state index in [-0.39, 0.29) is 36.6 Å². The standard InChI is InChI=1S/C29H51N5O6/c1-20(2)15-22(27(38)29(5)19-40-29)32-26(37)18-31-28(39)23(16-21(3)4)33-25(36)17-30-24(35)11-7-10-14-34-12-8-6-9-13-34/h20-23H,6-19H2,1-5H3,(H,30,35)(H,31,39)(H,32,37)(H,33,36)/t22-,23-,29+/m0/s1. The highest BCUT2D eigenvalue weighted by atomic mass is 16.6. The molecule has 11 heteroatoms. The van der Waals surface area contributed by atoms with Crippen LogP contribution in [0.1, 0.15) is 86.0 Å². The highest BCUT2D eigenvalue weighted by molar-refractivity contribution is 5.97. The molecule has 2 rings (SSSR count). The van der Waals surface area contributed by atoms with Gasteiger partial charge < -0.3 is 30.9 Å². The molecule has 2 aliphatic heterocycles. The third kappa shape index (κ3) is 12.8. The van der Waals surface area contributed by atoms with Gasteiger partial charge in [0.15, 0.2) is 5.78 Å². The van der Waals surface area contributed by atoms with Crippen LogP contribution in [0.3, 0.4) is 0 Å². The van der Waals surface area contributed by atoms with Crippen molar-refractivity contribution in [2.24, 2.45) is 11.8 Å². The average Bonchev–Trinajstić information content (AvgIpc) is 3.65. The second-order valence-electron chi connectivity index (χ2n) is 12.2. The van der Waals surface area contributed by atoms with Crippen LogP contribution in [0.4, 0.5) is 0 Å². The van der Waals surface area contributed by atoms with Crippen molar-refractivity contribution in [2.45, 2.75) is 104 Å². The highest BCUT2D eigenvalue weighted by Gasteiger charge is 2.50. The molecule has 4 N–H and O–H groups in total. The summed E-state index contributed by atoms with van der Waals surface area (Å²) >= 11 is 0. The Morgan fingerprint density at radius 3 is 1.90 bits per heavy atom. The minimum atomic E-state index is -0.856. The maximum atomic E-state index is 12.8. The largest absolute Gasteiger partial charge is 0.361 e. The smallest absolute Gasteiger partial charge is 0.243 e. The lowest BCUT2D eigenvalue weighted by atomic mass is 9.93. The van der Waals surface area contributed by atoms with Gasteiger partial charge >= 0.3 is 0 Å². The molecule has 0 aromatic carbocycles. The molecule has 0 aromatic rings. The van der Waals surface area contributed by atoms with Crippen molar-refractivity contribution >= 4 is 29.4 Å². The monoisotopic (exact) mass is 565 g/mol. The number of ether oxygens (including phenoxy) is 1. The summed E-state index contributed by atoms with van der Waals surface area (Å²) < 4.78 is 5.25. The number of piperidine rings is 1. The maximum Gasteiger partial charge on any atom is 0.243 e. The molecule has 228 valence electrons. The third-order valence-corrected chi connectivity index (χ3v) is 7.26. The van der Waals surface area contributed by atoms with Gasteiger partial charge in [0, 0.05) is 6.42 Å². The first kappa shape index (κ1) is 33.7. The minimum absolute atomic E-state index is 0.103. The fourth-order valence-corrected chi connectivity index (χ4v) is 4.88. The maximum absolute atomic E-state index is 12.8. The summed E-state index contributed by atoms with van der Waals surface area (Å²) in [5.74, 6) is -1.53. The quantitative estimate of drug-likeness (QED) is 0.145. The fourth-order valence-electron chi connectivity index (χ4n) is 4.88. The molecule has 2 saturated heterocycles. The molecule has 40 heavy (non-hydrogen) atoms. The Hall–Kier alpha value is -2.53. The number of hydrogen-bond acceptors (Lipinski definition) is 7. The first-order valence-electron chi connectivity index (χ1n) is 14.9. The van der Waals surface area contributed by atoms with Crippen LogP contribution in [0.2, 0.25) is 0 Å². The molecule has 0 spiro atoms. The minimum Gasteiger partial charge on any atom is -0.361 e. The van der Waals surface area contributed by atoms with Gasteiger partial charge in [0.25, 0.3) is 0 Å². The molecule has 0 aromatic heterocycles. The summed E-state index contributed by atoms with van der Waals surface area (Å²) in [7, 11) is 0. The average molecular weight is 566 g/mol. The van der Waals surface area contributed by atoms with E-state index >= 15 is 0 Å². The van der Waals surface area contributed by atoms with E-state index in [0.717, 1.165) is 32.5 Å². The zero-order valence-corrected chi connectivity index (χ0v) is 25.1.